The van der Waals surface area contributed by atoms with Crippen molar-refractivity contribution in [1.29, 1.82) is 0 Å². The van der Waals surface area contributed by atoms with Crippen molar-refractivity contribution >= 4 is 93.9 Å². The van der Waals surface area contributed by atoms with Crippen LogP contribution in [0.4, 0.5) is 0 Å². The first kappa shape index (κ1) is 107. The van der Waals surface area contributed by atoms with Crippen LogP contribution < -0.4 is 66.3 Å². The van der Waals surface area contributed by atoms with Gasteiger partial charge in [-0.15, -0.1) is 0 Å². The molecule has 13 atom stereocenters. The van der Waals surface area contributed by atoms with Gasteiger partial charge >= 0.3 is 5.97 Å². The van der Waals surface area contributed by atoms with Crippen molar-refractivity contribution in [2.24, 2.45) is 97.6 Å². The van der Waals surface area contributed by atoms with E-state index in [1.165, 1.54) is 78.7 Å². The number of ketones is 6. The minimum Gasteiger partial charge on any atom is -0.481 e. The average molecular weight is 1640 g/mol. The molecule has 116 heavy (non-hydrogen) atoms. The van der Waals surface area contributed by atoms with Crippen LogP contribution in [0.2, 0.25) is 0 Å². The minimum atomic E-state index is -1.48. The van der Waals surface area contributed by atoms with Gasteiger partial charge in [-0.05, 0) is 102 Å². The molecule has 0 unspecified atom stereocenters. The van der Waals surface area contributed by atoms with Crippen molar-refractivity contribution < 1.29 is 82.4 Å². The molecule has 0 saturated carbocycles. The molecule has 660 valence electrons. The summed E-state index contributed by atoms with van der Waals surface area (Å²) in [6, 6.07) is 4.63. The van der Waals surface area contributed by atoms with Crippen LogP contribution in [-0.2, 0) is 73.5 Å². The second kappa shape index (κ2) is 63.5. The number of nitrogens with zero attached hydrogens (tertiary/aromatic N) is 2. The summed E-state index contributed by atoms with van der Waals surface area (Å²) in [4.78, 5) is 191. The minimum absolute atomic E-state index is 0.0262. The van der Waals surface area contributed by atoms with Crippen LogP contribution in [0.15, 0.2) is 40.3 Å². The molecule has 0 bridgehead atoms. The van der Waals surface area contributed by atoms with Crippen molar-refractivity contribution in [2.75, 3.05) is 39.8 Å². The maximum atomic E-state index is 14.3. The molecule has 0 spiro atoms. The summed E-state index contributed by atoms with van der Waals surface area (Å²) >= 11 is 0. The van der Waals surface area contributed by atoms with E-state index < -0.39 is 156 Å². The highest BCUT2D eigenvalue weighted by Crippen LogP contribution is 2.26. The zero-order chi connectivity index (χ0) is 87.7. The van der Waals surface area contributed by atoms with Gasteiger partial charge in [-0.25, -0.2) is 0 Å². The van der Waals surface area contributed by atoms with Crippen molar-refractivity contribution in [3.63, 3.8) is 0 Å². The number of carbonyl (C=O) groups excluding carboxylic acids is 13. The van der Waals surface area contributed by atoms with Crippen LogP contribution in [0.1, 0.15) is 280 Å². The van der Waals surface area contributed by atoms with Crippen LogP contribution in [0.25, 0.3) is 0 Å². The smallest absolute Gasteiger partial charge is 0.304 e. The summed E-state index contributed by atoms with van der Waals surface area (Å²) in [5.41, 5.74) is 34.3. The molecule has 1 rings (SSSR count). The summed E-state index contributed by atoms with van der Waals surface area (Å²) in [7, 11) is 1.29. The molecule has 1 aromatic carbocycles. The van der Waals surface area contributed by atoms with Crippen molar-refractivity contribution in [1.82, 2.24) is 31.9 Å². The van der Waals surface area contributed by atoms with Gasteiger partial charge in [0.2, 0.25) is 41.4 Å². The van der Waals surface area contributed by atoms with Gasteiger partial charge in [0.1, 0.15) is 11.8 Å². The number of unbranched alkanes of at least 4 members (excludes halogenated alkanes) is 14. The van der Waals surface area contributed by atoms with E-state index >= 15 is 0 Å². The number of hydrogen-bond acceptors (Lipinski definition) is 19. The van der Waals surface area contributed by atoms with Gasteiger partial charge in [-0.2, -0.15) is 0 Å². The van der Waals surface area contributed by atoms with Crippen LogP contribution in [0.5, 0.6) is 0 Å². The number of primary amides is 1. The second-order valence-corrected chi connectivity index (χ2v) is 31.8. The molecule has 0 aliphatic rings. The normalized spacial score (nSPS) is 14.5. The van der Waals surface area contributed by atoms with E-state index in [-0.39, 0.29) is 105 Å². The molecular weight excluding hydrogens is 1490 g/mol. The van der Waals surface area contributed by atoms with Crippen molar-refractivity contribution in [2.45, 2.75) is 311 Å². The Balaban J connectivity index is 0.00000257. The lowest BCUT2D eigenvalue weighted by atomic mass is 9.84. The number of benzene rings is 1. The number of hydrogen-bond donors (Lipinski definition) is 15. The fourth-order valence-electron chi connectivity index (χ4n) is 13.6. The zero-order valence-electron chi connectivity index (χ0n) is 71.5. The number of Topliss-reactive ketones (excluding diaryl/α,β-unsaturated/α-hetero) is 6. The fourth-order valence-corrected chi connectivity index (χ4v) is 13.6. The lowest BCUT2D eigenvalue weighted by Gasteiger charge is -2.26. The molecule has 31 heteroatoms. The summed E-state index contributed by atoms with van der Waals surface area (Å²) in [6.07, 6.45) is 18.1. The Labute approximate surface area is 689 Å². The van der Waals surface area contributed by atoms with Crippen LogP contribution in [0.3, 0.4) is 0 Å². The van der Waals surface area contributed by atoms with E-state index in [2.05, 4.69) is 48.8 Å². The predicted octanol–water partition coefficient (Wildman–Crippen LogP) is 6.46. The van der Waals surface area contributed by atoms with Gasteiger partial charge < -0.3 is 81.6 Å². The number of nitrogens with one attached hydrogen (secondary N) is 6. The number of rotatable bonds is 68. The number of guanidine groups is 2. The molecule has 0 heterocycles. The Morgan fingerprint density at radius 2 is 0.966 bits per heavy atom. The monoisotopic (exact) mass is 1640 g/mol. The highest BCUT2D eigenvalue weighted by Gasteiger charge is 2.37. The summed E-state index contributed by atoms with van der Waals surface area (Å²) in [5, 5.41) is 44.5. The number of carboxylic acids is 1. The molecule has 0 aliphatic carbocycles. The van der Waals surface area contributed by atoms with E-state index in [0.717, 1.165) is 37.7 Å². The SMILES string of the molecule is CCCCCCCCCCCCCCCC(=O)NCC(=O)C[C@@H](CO)C(=O)N[C@H](C(=O)C[C@@H](CC(=O)O)C(=O)NC)[C@@H](C)O.CCCC[C@H](CC(=O)[C@H](C)NC(=O)[C@H](CCCCN)CC(=O)[C@H](CCCN=C(N)N)NC(=O)[C@@H](CC(=O)[C@@H](C)CCCN=C(N)N)CC(C)C)C(=O)N[C@@H](Cc1ccccc1)C(=O)C[C@H](C(N)=O)[C@@H](C)CC. The Hall–Kier alpha value is -8.58. The maximum Gasteiger partial charge on any atom is 0.304 e. The molecule has 1 aromatic rings. The molecule has 0 aromatic heterocycles. The number of amides is 7. The van der Waals surface area contributed by atoms with Crippen molar-refractivity contribution in [3.8, 4) is 0 Å². The molecule has 0 aliphatic heterocycles. The number of carboxylic acid groups (broad SMARTS) is 1. The fraction of sp³-hybridized carbons (Fsp3) is 0.741. The highest BCUT2D eigenvalue weighted by atomic mass is 16.4. The number of aliphatic imine (C=N–C) groups is 2. The zero-order valence-corrected chi connectivity index (χ0v) is 71.5. The Morgan fingerprint density at radius 3 is 1.47 bits per heavy atom. The third kappa shape index (κ3) is 49.5. The Kier molecular flexibility index (Phi) is 58.8. The molecular formula is C85H148N14O17. The standard InChI is InChI=1S/C53H91N11O8.C32H57N3O9/c1-8-10-21-38(50(71)64-43(28-37-19-12-11-13-20-37)47(68)32-41(48(55)69)34(5)9-2)29-45(66)36(7)62-49(70)39(22-14-15-24-54)30-46(67)42(23-17-26-61-53(58)59)63-51(72)40(27-33(3)4)31-44(65)35(6)18-16-25-60-52(56)57;1-4-5-6-7-8-9-10-11-12-13-14-15-16-17-28(40)34-21-26(38)18-25(22-36)32(44)35-30(23(2)37)27(39)19-24(20-29(41)42)31(43)33-3/h11-13,19-20,33-36,38-43H,8-10,14-18,21-32,54H2,1-7H3,(H2,55,69)(H,62,70)(H,63,72)(H,64,71)(H4,56,57,60)(H4,58,59,61);23-25,30,36-37H,4-22H2,1-3H3,(H,33,43)(H,34,40)(H,35,44)(H,41,42)/t34-,35-,36-,38+,39+,40+,41-,42-,43-;23-,24+,25+,30+/m01/s1. The lowest BCUT2D eigenvalue weighted by molar-refractivity contribution is -0.142. The third-order valence-corrected chi connectivity index (χ3v) is 21.0. The molecule has 21 N–H and O–H groups in total. The number of nitrogens with two attached hydrogens (primary N) is 6. The van der Waals surface area contributed by atoms with E-state index in [0.29, 0.717) is 77.3 Å². The first-order valence-electron chi connectivity index (χ1n) is 42.5. The summed E-state index contributed by atoms with van der Waals surface area (Å²) < 4.78 is 0. The first-order valence-corrected chi connectivity index (χ1v) is 42.5. The maximum absolute atomic E-state index is 14.3. The van der Waals surface area contributed by atoms with E-state index in [4.69, 9.17) is 39.5 Å². The first-order chi connectivity index (χ1) is 55.0. The number of aliphatic hydroxyl groups excluding tert-OH is 2. The molecule has 0 saturated heterocycles. The van der Waals surface area contributed by atoms with Crippen LogP contribution in [0, 0.1) is 53.3 Å². The molecule has 7 amide bonds. The van der Waals surface area contributed by atoms with E-state index in [1.807, 2.05) is 65.0 Å². The lowest BCUT2D eigenvalue weighted by Crippen LogP contribution is -2.51. The average Bonchev–Trinajstić information content (AvgIpc) is 0.864. The molecule has 31 nitrogen and oxygen atoms in total. The van der Waals surface area contributed by atoms with Crippen LogP contribution in [-0.4, -0.2) is 179 Å². The second-order valence-electron chi connectivity index (χ2n) is 31.8. The predicted molar refractivity (Wildman–Crippen MR) is 450 cm³/mol. The molecule has 0 radical (unpaired) electrons. The summed E-state index contributed by atoms with van der Waals surface area (Å²) in [5.74, 6) is -13.9. The quantitative estimate of drug-likeness (QED) is 0.0189. The van der Waals surface area contributed by atoms with Gasteiger partial charge in [0.15, 0.2) is 40.8 Å². The largest absolute Gasteiger partial charge is 0.481 e. The topological polar surface area (TPSA) is 553 Å². The van der Waals surface area contributed by atoms with E-state index in [9.17, 15) is 77.3 Å². The summed E-state index contributed by atoms with van der Waals surface area (Å²) in [6.45, 7) is 16.3. The Bertz CT molecular complexity index is 3180. The van der Waals surface area contributed by atoms with Crippen LogP contribution >= 0.6 is 0 Å². The van der Waals surface area contributed by atoms with Crippen molar-refractivity contribution in [3.05, 3.63) is 35.9 Å². The van der Waals surface area contributed by atoms with Gasteiger partial charge in [-0.3, -0.25) is 77.1 Å². The highest BCUT2D eigenvalue weighted by molar-refractivity contribution is 5.99. The molecule has 0 fully saturated rings. The third-order valence-electron chi connectivity index (χ3n) is 21.0. The van der Waals surface area contributed by atoms with Gasteiger partial charge in [0.05, 0.1) is 55.6 Å². The number of carbonyl (C=O) groups is 14. The van der Waals surface area contributed by atoms with E-state index in [1.54, 1.807) is 6.92 Å². The van der Waals surface area contributed by atoms with Gasteiger partial charge in [-0.1, -0.05) is 182 Å². The number of aliphatic carboxylic acids is 1. The number of aliphatic hydroxyl groups is 2. The Morgan fingerprint density at radius 1 is 0.474 bits per heavy atom. The van der Waals surface area contributed by atoms with Gasteiger partial charge in [0.25, 0.3) is 0 Å². The van der Waals surface area contributed by atoms with Gasteiger partial charge in [0, 0.05) is 94.7 Å².